The lowest BCUT2D eigenvalue weighted by Crippen LogP contribution is -2.63. The van der Waals surface area contributed by atoms with Crippen LogP contribution in [0, 0.1) is 0 Å². The predicted octanol–water partition coefficient (Wildman–Crippen LogP) is 4.38. The molecular weight excluding hydrogens is 270 g/mol. The Morgan fingerprint density at radius 3 is 1.68 bits per heavy atom. The highest BCUT2D eigenvalue weighted by Crippen LogP contribution is 2.20. The van der Waals surface area contributed by atoms with Gasteiger partial charge in [0.1, 0.15) is 0 Å². The molecule has 0 bridgehead atoms. The molecule has 0 radical (unpaired) electrons. The number of likely N-dealkylation sites (N-methyl/N-ethyl adjacent to an activating group) is 3. The fraction of sp³-hybridized carbons (Fsp3) is 1.00. The van der Waals surface area contributed by atoms with Crippen molar-refractivity contribution in [2.75, 3.05) is 27.2 Å². The maximum atomic E-state index is 3.56. The van der Waals surface area contributed by atoms with Gasteiger partial charge in [-0.1, -0.05) is 58.8 Å². The third-order valence-corrected chi connectivity index (χ3v) is 4.96. The lowest BCUT2D eigenvalue weighted by Gasteiger charge is -2.43. The molecule has 0 aromatic heterocycles. The van der Waals surface area contributed by atoms with Gasteiger partial charge < -0.3 is 10.6 Å². The van der Waals surface area contributed by atoms with E-state index in [0.717, 1.165) is 13.1 Å². The second-order valence-corrected chi connectivity index (χ2v) is 7.64. The highest BCUT2D eigenvalue weighted by molar-refractivity contribution is 4.90. The summed E-state index contributed by atoms with van der Waals surface area (Å²) in [5, 5.41) is 7.12. The monoisotopic (exact) mass is 313 g/mol. The molecule has 0 aromatic carbocycles. The van der Waals surface area contributed by atoms with Crippen molar-refractivity contribution in [1.29, 1.82) is 0 Å². The van der Waals surface area contributed by atoms with Crippen LogP contribution in [0.3, 0.4) is 0 Å². The molecule has 0 fully saturated rings. The van der Waals surface area contributed by atoms with Gasteiger partial charge in [-0.3, -0.25) is 4.90 Å². The van der Waals surface area contributed by atoms with Crippen LogP contribution >= 0.6 is 0 Å². The Hall–Kier alpha value is -0.120. The van der Waals surface area contributed by atoms with E-state index in [2.05, 4.69) is 64.2 Å². The quantitative estimate of drug-likeness (QED) is 0.390. The Labute approximate surface area is 140 Å². The first kappa shape index (κ1) is 21.9. The number of nitrogens with zero attached hydrogens (tertiary/aromatic N) is 1. The van der Waals surface area contributed by atoms with Crippen molar-refractivity contribution < 1.29 is 0 Å². The number of rotatable bonds is 13. The molecule has 0 saturated carbocycles. The summed E-state index contributed by atoms with van der Waals surface area (Å²) in [7, 11) is 4.18. The fourth-order valence-corrected chi connectivity index (χ4v) is 3.15. The smallest absolute Gasteiger partial charge is 0.0813 e. The molecule has 0 aliphatic rings. The van der Waals surface area contributed by atoms with E-state index < -0.39 is 0 Å². The number of nitrogens with one attached hydrogen (secondary N) is 2. The van der Waals surface area contributed by atoms with Gasteiger partial charge in [-0.2, -0.15) is 0 Å². The summed E-state index contributed by atoms with van der Waals surface area (Å²) in [5.41, 5.74) is 0.251. The molecule has 0 spiro atoms. The second kappa shape index (κ2) is 11.4. The van der Waals surface area contributed by atoms with Crippen molar-refractivity contribution in [2.45, 2.75) is 97.2 Å². The Morgan fingerprint density at radius 2 is 1.27 bits per heavy atom. The van der Waals surface area contributed by atoms with E-state index >= 15 is 0 Å². The maximum absolute atomic E-state index is 3.56. The minimum atomic E-state index is 0.0344. The standard InChI is InChI=1S/C19H43N3/c1-8-10-11-12-13-14-15-16-19(20-6,21-7)17-22(9-2)18(3,4)5/h20-21H,8-17H2,1-7H3. The lowest BCUT2D eigenvalue weighted by atomic mass is 9.96. The molecule has 0 unspecified atom stereocenters. The molecule has 0 aliphatic carbocycles. The Morgan fingerprint density at radius 1 is 0.773 bits per heavy atom. The topological polar surface area (TPSA) is 27.3 Å². The molecule has 3 nitrogen and oxygen atoms in total. The van der Waals surface area contributed by atoms with Gasteiger partial charge >= 0.3 is 0 Å². The molecule has 22 heavy (non-hydrogen) atoms. The van der Waals surface area contributed by atoms with E-state index in [1.54, 1.807) is 0 Å². The normalized spacial score (nSPS) is 13.1. The zero-order valence-corrected chi connectivity index (χ0v) is 16.5. The predicted molar refractivity (Wildman–Crippen MR) is 100 cm³/mol. The lowest BCUT2D eigenvalue weighted by molar-refractivity contribution is 0.0800. The largest absolute Gasteiger partial charge is 0.301 e. The third-order valence-electron chi connectivity index (χ3n) is 4.96. The van der Waals surface area contributed by atoms with Crippen LogP contribution in [0.5, 0.6) is 0 Å². The van der Waals surface area contributed by atoms with Gasteiger partial charge in [0.05, 0.1) is 5.66 Å². The molecular formula is C19H43N3. The molecule has 0 amide bonds. The number of hydrogen-bond donors (Lipinski definition) is 2. The van der Waals surface area contributed by atoms with Crippen molar-refractivity contribution in [3.8, 4) is 0 Å². The molecule has 3 heteroatoms. The van der Waals surface area contributed by atoms with Crippen LogP contribution < -0.4 is 10.6 Å². The van der Waals surface area contributed by atoms with Crippen molar-refractivity contribution in [2.24, 2.45) is 0 Å². The molecule has 0 aliphatic heterocycles. The maximum Gasteiger partial charge on any atom is 0.0813 e. The molecule has 0 aromatic rings. The van der Waals surface area contributed by atoms with Crippen molar-refractivity contribution in [1.82, 2.24) is 15.5 Å². The first-order valence-corrected chi connectivity index (χ1v) is 9.48. The van der Waals surface area contributed by atoms with Gasteiger partial charge in [-0.15, -0.1) is 0 Å². The Bertz CT molecular complexity index is 254. The van der Waals surface area contributed by atoms with E-state index in [0.29, 0.717) is 0 Å². The summed E-state index contributed by atoms with van der Waals surface area (Å²) in [4.78, 5) is 2.56. The summed E-state index contributed by atoms with van der Waals surface area (Å²) in [6.45, 7) is 13.6. The summed E-state index contributed by atoms with van der Waals surface area (Å²) >= 11 is 0. The van der Waals surface area contributed by atoms with Crippen LogP contribution in [0.25, 0.3) is 0 Å². The second-order valence-electron chi connectivity index (χ2n) is 7.64. The van der Waals surface area contributed by atoms with Crippen molar-refractivity contribution >= 4 is 0 Å². The Kier molecular flexibility index (Phi) is 11.4. The summed E-state index contributed by atoms with van der Waals surface area (Å²) in [6, 6.07) is 0. The molecule has 134 valence electrons. The zero-order valence-electron chi connectivity index (χ0n) is 16.5. The van der Waals surface area contributed by atoms with Gasteiger partial charge in [0.2, 0.25) is 0 Å². The van der Waals surface area contributed by atoms with Gasteiger partial charge in [0.15, 0.2) is 0 Å². The number of hydrogen-bond acceptors (Lipinski definition) is 3. The van der Waals surface area contributed by atoms with Gasteiger partial charge in [-0.05, 0) is 47.8 Å². The minimum absolute atomic E-state index is 0.0344. The van der Waals surface area contributed by atoms with Gasteiger partial charge in [0, 0.05) is 12.1 Å². The Balaban J connectivity index is 4.32. The average molecular weight is 314 g/mol. The van der Waals surface area contributed by atoms with E-state index in [1.807, 2.05) is 0 Å². The van der Waals surface area contributed by atoms with Crippen LogP contribution in [-0.4, -0.2) is 43.3 Å². The van der Waals surface area contributed by atoms with Crippen LogP contribution in [0.2, 0.25) is 0 Å². The fourth-order valence-electron chi connectivity index (χ4n) is 3.15. The van der Waals surface area contributed by atoms with E-state index in [-0.39, 0.29) is 11.2 Å². The zero-order chi connectivity index (χ0) is 17.1. The van der Waals surface area contributed by atoms with Crippen molar-refractivity contribution in [3.05, 3.63) is 0 Å². The molecule has 2 N–H and O–H groups in total. The average Bonchev–Trinajstić information content (AvgIpc) is 2.48. The first-order chi connectivity index (χ1) is 10.3. The van der Waals surface area contributed by atoms with Crippen LogP contribution in [0.4, 0.5) is 0 Å². The van der Waals surface area contributed by atoms with Crippen LogP contribution in [-0.2, 0) is 0 Å². The molecule has 0 atom stereocenters. The van der Waals surface area contributed by atoms with Crippen LogP contribution in [0.1, 0.15) is 86.0 Å². The first-order valence-electron chi connectivity index (χ1n) is 9.48. The van der Waals surface area contributed by atoms with Gasteiger partial charge in [-0.25, -0.2) is 0 Å². The highest BCUT2D eigenvalue weighted by Gasteiger charge is 2.31. The minimum Gasteiger partial charge on any atom is -0.301 e. The van der Waals surface area contributed by atoms with E-state index in [1.165, 1.54) is 51.4 Å². The van der Waals surface area contributed by atoms with Crippen molar-refractivity contribution in [3.63, 3.8) is 0 Å². The molecule has 0 rings (SSSR count). The molecule has 0 heterocycles. The van der Waals surface area contributed by atoms with Crippen LogP contribution in [0.15, 0.2) is 0 Å². The number of unbranched alkanes of at least 4 members (excludes halogenated alkanes) is 6. The SMILES string of the molecule is CCCCCCCCCC(CN(CC)C(C)(C)C)(NC)NC. The summed E-state index contributed by atoms with van der Waals surface area (Å²) in [5.74, 6) is 0. The van der Waals surface area contributed by atoms with E-state index in [4.69, 9.17) is 0 Å². The van der Waals surface area contributed by atoms with E-state index in [9.17, 15) is 0 Å². The molecule has 0 saturated heterocycles. The third kappa shape index (κ3) is 8.50. The summed E-state index contributed by atoms with van der Waals surface area (Å²) in [6.07, 6.45) is 10.8. The summed E-state index contributed by atoms with van der Waals surface area (Å²) < 4.78 is 0. The van der Waals surface area contributed by atoms with Gasteiger partial charge in [0.25, 0.3) is 0 Å². The highest BCUT2D eigenvalue weighted by atomic mass is 15.3.